The van der Waals surface area contributed by atoms with Crippen molar-refractivity contribution >= 4 is 39.5 Å². The molecule has 0 amide bonds. The molecule has 0 saturated carbocycles. The van der Waals surface area contributed by atoms with E-state index in [9.17, 15) is 43.2 Å². The van der Waals surface area contributed by atoms with E-state index in [0.29, 0.717) is 25.7 Å². The number of aliphatic hydroxyl groups excluding tert-OH is 1. The quantitative estimate of drug-likeness (QED) is 0.0222. The summed E-state index contributed by atoms with van der Waals surface area (Å²) in [4.78, 5) is 72.6. The largest absolute Gasteiger partial charge is 0.472 e. The minimum absolute atomic E-state index is 0.106. The molecule has 17 nitrogen and oxygen atoms in total. The highest BCUT2D eigenvalue weighted by Crippen LogP contribution is 2.45. The van der Waals surface area contributed by atoms with E-state index in [0.717, 1.165) is 96.3 Å². The maximum atomic E-state index is 13.1. The standard InChI is InChI=1S/C77H150O17P2/c1-5-9-13-17-21-25-27-29-31-33-35-37-39-41-43-45-48-52-56-60-64-77(82)94-73(68-88-75(80)62-58-54-50-47-44-42-40-38-36-34-32-30-28-26-22-18-14-10-6-2)70-92-96(85,86)90-66-71(78)65-89-95(83,84)91-69-72(67-87-74(79)61-57-53-49-24-20-16-12-8-4)93-76(81)63-59-55-51-46-23-19-15-11-7-3/h71-73,78H,5-70H2,1-4H3,(H,83,84)(H,85,86)/t71-,72+,73+/m0/s1. The summed E-state index contributed by atoms with van der Waals surface area (Å²) in [6.45, 7) is 4.95. The van der Waals surface area contributed by atoms with Crippen molar-refractivity contribution in [1.29, 1.82) is 0 Å². The van der Waals surface area contributed by atoms with Gasteiger partial charge in [-0.3, -0.25) is 37.3 Å². The monoisotopic (exact) mass is 1410 g/mol. The van der Waals surface area contributed by atoms with Gasteiger partial charge in [0.2, 0.25) is 0 Å². The minimum Gasteiger partial charge on any atom is -0.462 e. The van der Waals surface area contributed by atoms with Gasteiger partial charge in [0, 0.05) is 25.7 Å². The molecule has 0 fully saturated rings. The molecule has 0 rings (SSSR count). The van der Waals surface area contributed by atoms with Crippen LogP contribution >= 0.6 is 15.6 Å². The van der Waals surface area contributed by atoms with E-state index in [1.54, 1.807) is 0 Å². The Morgan fingerprint density at radius 3 is 0.615 bits per heavy atom. The number of rotatable bonds is 78. The first-order chi connectivity index (χ1) is 46.7. The lowest BCUT2D eigenvalue weighted by atomic mass is 10.0. The van der Waals surface area contributed by atoms with E-state index in [1.807, 2.05) is 0 Å². The Morgan fingerprint density at radius 1 is 0.250 bits per heavy atom. The van der Waals surface area contributed by atoms with Crippen molar-refractivity contribution in [2.24, 2.45) is 0 Å². The first kappa shape index (κ1) is 94.1. The molecular formula is C77H150O17P2. The Hall–Kier alpha value is -1.94. The van der Waals surface area contributed by atoms with E-state index >= 15 is 0 Å². The topological polar surface area (TPSA) is 237 Å². The average molecular weight is 1410 g/mol. The third kappa shape index (κ3) is 70.5. The molecule has 0 radical (unpaired) electrons. The Balaban J connectivity index is 5.15. The zero-order chi connectivity index (χ0) is 70.4. The van der Waals surface area contributed by atoms with Crippen LogP contribution < -0.4 is 0 Å². The van der Waals surface area contributed by atoms with Crippen molar-refractivity contribution in [3.05, 3.63) is 0 Å². The van der Waals surface area contributed by atoms with Crippen LogP contribution in [0.4, 0.5) is 0 Å². The molecule has 570 valence electrons. The smallest absolute Gasteiger partial charge is 0.462 e. The summed E-state index contributed by atoms with van der Waals surface area (Å²) in [5, 5.41) is 10.6. The van der Waals surface area contributed by atoms with E-state index in [-0.39, 0.29) is 25.7 Å². The van der Waals surface area contributed by atoms with Crippen LogP contribution in [0.2, 0.25) is 0 Å². The predicted molar refractivity (Wildman–Crippen MR) is 391 cm³/mol. The molecule has 5 atom stereocenters. The minimum atomic E-state index is -4.96. The Kier molecular flexibility index (Phi) is 70.0. The SMILES string of the molecule is CCCCCCCCCCCCCCCCCCCCCCC(=O)O[C@H](COC(=O)CCCCCCCCCCCCCCCCCCCCC)COP(=O)(O)OC[C@@H](O)COP(=O)(O)OC[C@@H](COC(=O)CCCCCCCCCC)OC(=O)CCCCCCCCCCC. The number of hydrogen-bond donors (Lipinski definition) is 3. The fourth-order valence-corrected chi connectivity index (χ4v) is 13.5. The van der Waals surface area contributed by atoms with Gasteiger partial charge in [-0.15, -0.1) is 0 Å². The molecule has 0 aromatic carbocycles. The lowest BCUT2D eigenvalue weighted by Crippen LogP contribution is -2.30. The Bertz CT molecular complexity index is 1830. The van der Waals surface area contributed by atoms with Crippen molar-refractivity contribution in [1.82, 2.24) is 0 Å². The van der Waals surface area contributed by atoms with Gasteiger partial charge in [0.1, 0.15) is 19.3 Å². The molecule has 0 aliphatic heterocycles. The van der Waals surface area contributed by atoms with Gasteiger partial charge in [0.25, 0.3) is 0 Å². The molecule has 2 unspecified atom stereocenters. The Morgan fingerprint density at radius 2 is 0.417 bits per heavy atom. The van der Waals surface area contributed by atoms with Gasteiger partial charge in [-0.2, -0.15) is 0 Å². The molecule has 0 aliphatic rings. The second kappa shape index (κ2) is 71.5. The number of hydrogen-bond acceptors (Lipinski definition) is 15. The first-order valence-electron chi connectivity index (χ1n) is 40.3. The fourth-order valence-electron chi connectivity index (χ4n) is 11.9. The summed E-state index contributed by atoms with van der Waals surface area (Å²) < 4.78 is 68.4. The van der Waals surface area contributed by atoms with E-state index < -0.39 is 97.5 Å². The van der Waals surface area contributed by atoms with Crippen LogP contribution in [-0.2, 0) is 65.4 Å². The number of carbonyl (C=O) groups is 4. The van der Waals surface area contributed by atoms with Crippen molar-refractivity contribution in [2.45, 2.75) is 431 Å². The molecule has 0 aromatic rings. The number of phosphoric acid groups is 2. The third-order valence-corrected chi connectivity index (χ3v) is 20.0. The molecule has 0 bridgehead atoms. The second-order valence-corrected chi connectivity index (χ2v) is 30.7. The van der Waals surface area contributed by atoms with E-state index in [2.05, 4.69) is 27.7 Å². The van der Waals surface area contributed by atoms with Crippen LogP contribution in [-0.4, -0.2) is 96.7 Å². The molecule has 0 saturated heterocycles. The third-order valence-electron chi connectivity index (χ3n) is 18.1. The predicted octanol–water partition coefficient (Wildman–Crippen LogP) is 23.0. The number of ether oxygens (including phenoxy) is 4. The summed E-state index contributed by atoms with van der Waals surface area (Å²) in [6, 6.07) is 0. The van der Waals surface area contributed by atoms with Crippen LogP contribution in [0.1, 0.15) is 413 Å². The maximum Gasteiger partial charge on any atom is 0.472 e. The van der Waals surface area contributed by atoms with Gasteiger partial charge in [-0.1, -0.05) is 362 Å². The van der Waals surface area contributed by atoms with Gasteiger partial charge in [-0.25, -0.2) is 9.13 Å². The molecular weight excluding hydrogens is 1260 g/mol. The summed E-state index contributed by atoms with van der Waals surface area (Å²) in [7, 11) is -9.90. The highest BCUT2D eigenvalue weighted by Gasteiger charge is 2.30. The second-order valence-electron chi connectivity index (χ2n) is 27.7. The highest BCUT2D eigenvalue weighted by atomic mass is 31.2. The van der Waals surface area contributed by atoms with Gasteiger partial charge >= 0.3 is 39.5 Å². The van der Waals surface area contributed by atoms with E-state index in [1.165, 1.54) is 238 Å². The summed E-state index contributed by atoms with van der Waals surface area (Å²) in [5.41, 5.74) is 0. The summed E-state index contributed by atoms with van der Waals surface area (Å²) in [5.74, 6) is -2.12. The summed E-state index contributed by atoms with van der Waals surface area (Å²) >= 11 is 0. The van der Waals surface area contributed by atoms with Crippen LogP contribution in [0, 0.1) is 0 Å². The van der Waals surface area contributed by atoms with Crippen molar-refractivity contribution in [3.63, 3.8) is 0 Å². The van der Waals surface area contributed by atoms with Crippen LogP contribution in [0.3, 0.4) is 0 Å². The number of phosphoric ester groups is 2. The van der Waals surface area contributed by atoms with E-state index in [4.69, 9.17) is 37.0 Å². The van der Waals surface area contributed by atoms with Gasteiger partial charge < -0.3 is 33.8 Å². The van der Waals surface area contributed by atoms with Gasteiger partial charge in [-0.05, 0) is 25.7 Å². The van der Waals surface area contributed by atoms with Crippen LogP contribution in [0.25, 0.3) is 0 Å². The van der Waals surface area contributed by atoms with Gasteiger partial charge in [0.15, 0.2) is 12.2 Å². The molecule has 96 heavy (non-hydrogen) atoms. The fraction of sp³-hybridized carbons (Fsp3) is 0.948. The normalized spacial score (nSPS) is 13.9. The molecule has 0 aliphatic carbocycles. The number of aliphatic hydroxyl groups is 1. The molecule has 0 spiro atoms. The number of carbonyl (C=O) groups excluding carboxylic acids is 4. The number of esters is 4. The number of unbranched alkanes of at least 4 members (excludes halogenated alkanes) is 52. The van der Waals surface area contributed by atoms with Crippen molar-refractivity contribution in [3.8, 4) is 0 Å². The zero-order valence-electron chi connectivity index (χ0n) is 62.4. The lowest BCUT2D eigenvalue weighted by molar-refractivity contribution is -0.161. The van der Waals surface area contributed by atoms with Crippen LogP contribution in [0.15, 0.2) is 0 Å². The lowest BCUT2D eigenvalue weighted by Gasteiger charge is -2.21. The zero-order valence-corrected chi connectivity index (χ0v) is 64.1. The summed E-state index contributed by atoms with van der Waals surface area (Å²) in [6.07, 6.45) is 62.7. The van der Waals surface area contributed by atoms with Gasteiger partial charge in [0.05, 0.1) is 26.4 Å². The van der Waals surface area contributed by atoms with Crippen molar-refractivity contribution in [2.75, 3.05) is 39.6 Å². The first-order valence-corrected chi connectivity index (χ1v) is 43.3. The molecule has 0 aromatic heterocycles. The highest BCUT2D eigenvalue weighted by molar-refractivity contribution is 7.47. The molecule has 19 heteroatoms. The molecule has 3 N–H and O–H groups in total. The maximum absolute atomic E-state index is 13.1. The van der Waals surface area contributed by atoms with Crippen LogP contribution in [0.5, 0.6) is 0 Å². The Labute approximate surface area is 588 Å². The molecule has 0 heterocycles. The van der Waals surface area contributed by atoms with Crippen molar-refractivity contribution < 1.29 is 80.2 Å². The average Bonchev–Trinajstić information content (AvgIpc) is 1.36.